The van der Waals surface area contributed by atoms with Crippen LogP contribution in [0, 0.1) is 6.92 Å². The lowest BCUT2D eigenvalue weighted by molar-refractivity contribution is -0.118. The van der Waals surface area contributed by atoms with Crippen LogP contribution in [0.15, 0.2) is 39.3 Å². The van der Waals surface area contributed by atoms with E-state index in [1.165, 1.54) is 6.08 Å². The number of amides is 1. The van der Waals surface area contributed by atoms with Gasteiger partial charge in [0.25, 0.3) is 0 Å². The lowest BCUT2D eigenvalue weighted by Crippen LogP contribution is -2.44. The van der Waals surface area contributed by atoms with Crippen molar-refractivity contribution in [2.75, 3.05) is 0 Å². The van der Waals surface area contributed by atoms with E-state index in [0.29, 0.717) is 23.2 Å². The smallest absolute Gasteiger partial charge is 0.244 e. The fraction of sp³-hybridized carbons (Fsp3) is 0.333. The summed E-state index contributed by atoms with van der Waals surface area (Å²) in [5.74, 6) is 1.21. The molecule has 1 fully saturated rings. The zero-order valence-electron chi connectivity index (χ0n) is 13.9. The van der Waals surface area contributed by atoms with E-state index in [1.54, 1.807) is 13.0 Å². The molecule has 25 heavy (non-hydrogen) atoms. The first-order valence-electron chi connectivity index (χ1n) is 8.31. The van der Waals surface area contributed by atoms with Gasteiger partial charge in [-0.25, -0.2) is 4.98 Å². The molecule has 7 nitrogen and oxygen atoms in total. The standard InChI is InChI=1S/C18H18N4O3/c1-12-19-17(22-25-12)18(10-4-5-11-18)21-15(23)8-9-16-20-13-6-2-3-7-14(13)24-16/h2-3,6-9H,4-5,10-11H2,1H3,(H,21,23)/b9-8+. The van der Waals surface area contributed by atoms with Crippen LogP contribution in [-0.2, 0) is 10.3 Å². The van der Waals surface area contributed by atoms with Gasteiger partial charge >= 0.3 is 0 Å². The Morgan fingerprint density at radius 3 is 2.76 bits per heavy atom. The van der Waals surface area contributed by atoms with Crippen molar-refractivity contribution in [2.24, 2.45) is 0 Å². The van der Waals surface area contributed by atoms with Gasteiger partial charge in [0.1, 0.15) is 11.1 Å². The molecule has 0 saturated heterocycles. The molecule has 0 aliphatic heterocycles. The molecular formula is C18H18N4O3. The Bertz CT molecular complexity index is 902. The summed E-state index contributed by atoms with van der Waals surface area (Å²) in [5, 5.41) is 7.06. The highest BCUT2D eigenvalue weighted by Gasteiger charge is 2.40. The zero-order valence-corrected chi connectivity index (χ0v) is 13.9. The van der Waals surface area contributed by atoms with Gasteiger partial charge in [-0.15, -0.1) is 0 Å². The first kappa shape index (κ1) is 15.6. The minimum Gasteiger partial charge on any atom is -0.437 e. The summed E-state index contributed by atoms with van der Waals surface area (Å²) in [5.41, 5.74) is 0.898. The number of hydrogen-bond acceptors (Lipinski definition) is 6. The first-order chi connectivity index (χ1) is 12.1. The second kappa shape index (κ2) is 6.16. The van der Waals surface area contributed by atoms with E-state index in [0.717, 1.165) is 31.2 Å². The first-order valence-corrected chi connectivity index (χ1v) is 8.31. The number of carbonyl (C=O) groups is 1. The van der Waals surface area contributed by atoms with Crippen molar-refractivity contribution in [3.05, 3.63) is 47.9 Å². The second-order valence-corrected chi connectivity index (χ2v) is 6.27. The highest BCUT2D eigenvalue weighted by atomic mass is 16.5. The average Bonchev–Trinajstić information content (AvgIpc) is 3.32. The van der Waals surface area contributed by atoms with Crippen LogP contribution >= 0.6 is 0 Å². The van der Waals surface area contributed by atoms with Crippen LogP contribution in [-0.4, -0.2) is 21.0 Å². The van der Waals surface area contributed by atoms with Gasteiger partial charge in [0.15, 0.2) is 11.4 Å². The number of hydrogen-bond donors (Lipinski definition) is 1. The Labute approximate surface area is 144 Å². The molecule has 3 aromatic rings. The number of nitrogens with one attached hydrogen (secondary N) is 1. The highest BCUT2D eigenvalue weighted by molar-refractivity contribution is 5.92. The van der Waals surface area contributed by atoms with E-state index in [9.17, 15) is 4.79 Å². The molecule has 2 aromatic heterocycles. The lowest BCUT2D eigenvalue weighted by atomic mass is 9.96. The third-order valence-electron chi connectivity index (χ3n) is 4.46. The molecular weight excluding hydrogens is 320 g/mol. The van der Waals surface area contributed by atoms with Crippen molar-refractivity contribution in [1.82, 2.24) is 20.4 Å². The van der Waals surface area contributed by atoms with Crippen LogP contribution in [0.4, 0.5) is 0 Å². The van der Waals surface area contributed by atoms with Crippen molar-refractivity contribution in [3.63, 3.8) is 0 Å². The Morgan fingerprint density at radius 1 is 1.24 bits per heavy atom. The van der Waals surface area contributed by atoms with Crippen LogP contribution < -0.4 is 5.32 Å². The van der Waals surface area contributed by atoms with Crippen LogP contribution in [0.3, 0.4) is 0 Å². The van der Waals surface area contributed by atoms with Crippen LogP contribution in [0.1, 0.15) is 43.3 Å². The molecule has 7 heteroatoms. The predicted molar refractivity (Wildman–Crippen MR) is 90.4 cm³/mol. The molecule has 1 saturated carbocycles. The fourth-order valence-electron chi connectivity index (χ4n) is 3.26. The second-order valence-electron chi connectivity index (χ2n) is 6.27. The number of nitrogens with zero attached hydrogens (tertiary/aromatic N) is 3. The van der Waals surface area contributed by atoms with Gasteiger partial charge in [-0.3, -0.25) is 4.79 Å². The van der Waals surface area contributed by atoms with Gasteiger partial charge in [-0.05, 0) is 25.0 Å². The molecule has 0 radical (unpaired) electrons. The summed E-state index contributed by atoms with van der Waals surface area (Å²) in [6.45, 7) is 1.74. The predicted octanol–water partition coefficient (Wildman–Crippen LogP) is 3.12. The molecule has 1 N–H and O–H groups in total. The SMILES string of the molecule is Cc1nc(C2(NC(=O)/C=C/c3nc4ccccc4o3)CCCC2)no1. The Morgan fingerprint density at radius 2 is 2.04 bits per heavy atom. The normalized spacial score (nSPS) is 16.7. The number of aromatic nitrogens is 3. The van der Waals surface area contributed by atoms with E-state index in [1.807, 2.05) is 24.3 Å². The molecule has 1 aromatic carbocycles. The number of para-hydroxylation sites is 2. The Balaban J connectivity index is 1.52. The molecule has 4 rings (SSSR count). The van der Waals surface area contributed by atoms with Gasteiger partial charge in [-0.1, -0.05) is 30.1 Å². The van der Waals surface area contributed by atoms with Gasteiger partial charge in [0.2, 0.25) is 17.7 Å². The van der Waals surface area contributed by atoms with Crippen LogP contribution in [0.5, 0.6) is 0 Å². The summed E-state index contributed by atoms with van der Waals surface area (Å²) >= 11 is 0. The summed E-state index contributed by atoms with van der Waals surface area (Å²) in [6.07, 6.45) is 6.63. The summed E-state index contributed by atoms with van der Waals surface area (Å²) in [7, 11) is 0. The summed E-state index contributed by atoms with van der Waals surface area (Å²) in [4.78, 5) is 21.1. The molecule has 0 unspecified atom stereocenters. The monoisotopic (exact) mass is 338 g/mol. The van der Waals surface area contributed by atoms with Crippen LogP contribution in [0.2, 0.25) is 0 Å². The van der Waals surface area contributed by atoms with Crippen molar-refractivity contribution < 1.29 is 13.7 Å². The van der Waals surface area contributed by atoms with E-state index in [-0.39, 0.29) is 5.91 Å². The topological polar surface area (TPSA) is 94.1 Å². The maximum atomic E-state index is 12.4. The number of oxazole rings is 1. The number of benzene rings is 1. The number of aryl methyl sites for hydroxylation is 1. The molecule has 128 valence electrons. The van der Waals surface area contributed by atoms with E-state index in [4.69, 9.17) is 8.94 Å². The highest BCUT2D eigenvalue weighted by Crippen LogP contribution is 2.37. The molecule has 1 aliphatic rings. The quantitative estimate of drug-likeness (QED) is 0.735. The number of rotatable bonds is 4. The third-order valence-corrected chi connectivity index (χ3v) is 4.46. The maximum absolute atomic E-state index is 12.4. The molecule has 1 amide bonds. The molecule has 0 atom stereocenters. The van der Waals surface area contributed by atoms with Crippen molar-refractivity contribution in [2.45, 2.75) is 38.1 Å². The van der Waals surface area contributed by atoms with Gasteiger partial charge < -0.3 is 14.3 Å². The molecule has 0 spiro atoms. The largest absolute Gasteiger partial charge is 0.437 e. The fourth-order valence-corrected chi connectivity index (χ4v) is 3.26. The van der Waals surface area contributed by atoms with E-state index < -0.39 is 5.54 Å². The van der Waals surface area contributed by atoms with E-state index in [2.05, 4.69) is 20.4 Å². The van der Waals surface area contributed by atoms with Crippen LogP contribution in [0.25, 0.3) is 17.2 Å². The Kier molecular flexibility index (Phi) is 3.83. The zero-order chi connectivity index (χ0) is 17.3. The molecule has 2 heterocycles. The Hall–Kier alpha value is -2.96. The third kappa shape index (κ3) is 3.05. The number of carbonyl (C=O) groups excluding carboxylic acids is 1. The molecule has 0 bridgehead atoms. The van der Waals surface area contributed by atoms with Crippen molar-refractivity contribution >= 4 is 23.1 Å². The van der Waals surface area contributed by atoms with E-state index >= 15 is 0 Å². The van der Waals surface area contributed by atoms with Gasteiger partial charge in [-0.2, -0.15) is 4.98 Å². The summed E-state index contributed by atoms with van der Waals surface area (Å²) in [6, 6.07) is 7.47. The van der Waals surface area contributed by atoms with Crippen molar-refractivity contribution in [3.8, 4) is 0 Å². The maximum Gasteiger partial charge on any atom is 0.244 e. The average molecular weight is 338 g/mol. The minimum absolute atomic E-state index is 0.230. The van der Waals surface area contributed by atoms with Gasteiger partial charge in [0, 0.05) is 19.1 Å². The molecule has 1 aliphatic carbocycles. The summed E-state index contributed by atoms with van der Waals surface area (Å²) < 4.78 is 10.7. The lowest BCUT2D eigenvalue weighted by Gasteiger charge is -2.25. The minimum atomic E-state index is -0.555. The van der Waals surface area contributed by atoms with Crippen molar-refractivity contribution in [1.29, 1.82) is 0 Å². The van der Waals surface area contributed by atoms with Gasteiger partial charge in [0.05, 0.1) is 0 Å². The number of fused-ring (bicyclic) bond motifs is 1.